The molecule has 2 saturated carbocycles. The lowest BCUT2D eigenvalue weighted by Gasteiger charge is -2.42. The summed E-state index contributed by atoms with van der Waals surface area (Å²) in [5, 5.41) is 2.84. The Bertz CT molecular complexity index is 690. The van der Waals surface area contributed by atoms with E-state index in [0.717, 1.165) is 12.8 Å². The largest absolute Gasteiger partial charge is 0.573 e. The molecule has 0 radical (unpaired) electrons. The molecular weight excluding hydrogens is 395 g/mol. The minimum absolute atomic E-state index is 0.0365. The van der Waals surface area contributed by atoms with Crippen LogP contribution < -0.4 is 10.1 Å². The van der Waals surface area contributed by atoms with Gasteiger partial charge in [0.15, 0.2) is 0 Å². The number of hydrogen-bond acceptors (Lipinski definition) is 4. The summed E-state index contributed by atoms with van der Waals surface area (Å²) in [4.78, 5) is 12.7. The summed E-state index contributed by atoms with van der Waals surface area (Å²) in [6, 6.07) is 5.95. The van der Waals surface area contributed by atoms with Gasteiger partial charge in [-0.2, -0.15) is 0 Å². The molecule has 1 saturated heterocycles. The third-order valence-corrected chi connectivity index (χ3v) is 9.92. The number of hydrogen-bond donors (Lipinski definition) is 1. The van der Waals surface area contributed by atoms with Gasteiger partial charge in [-0.1, -0.05) is 18.2 Å². The Balaban J connectivity index is 1.37. The van der Waals surface area contributed by atoms with E-state index >= 15 is 0 Å². The number of rotatable bonds is 4. The van der Waals surface area contributed by atoms with Crippen LogP contribution in [-0.2, 0) is 11.3 Å². The summed E-state index contributed by atoms with van der Waals surface area (Å²) in [7, 11) is 0. The van der Waals surface area contributed by atoms with Gasteiger partial charge < -0.3 is 10.1 Å². The van der Waals surface area contributed by atoms with Gasteiger partial charge in [-0.05, 0) is 43.6 Å². The van der Waals surface area contributed by atoms with E-state index in [2.05, 4.69) is 33.6 Å². The average Bonchev–Trinajstić information content (AvgIpc) is 3.14. The highest BCUT2D eigenvalue weighted by Crippen LogP contribution is 2.65. The van der Waals surface area contributed by atoms with Crippen molar-refractivity contribution in [1.82, 2.24) is 5.32 Å². The molecule has 0 aromatic heterocycles. The number of amides is 1. The van der Waals surface area contributed by atoms with Crippen LogP contribution in [0.25, 0.3) is 0 Å². The molecule has 27 heavy (non-hydrogen) atoms. The third kappa shape index (κ3) is 3.92. The number of halogens is 3. The summed E-state index contributed by atoms with van der Waals surface area (Å²) in [5.41, 5.74) is 0.334. The van der Waals surface area contributed by atoms with E-state index in [0.29, 0.717) is 21.5 Å². The van der Waals surface area contributed by atoms with Crippen molar-refractivity contribution in [2.24, 2.45) is 17.8 Å². The first-order chi connectivity index (χ1) is 12.9. The molecule has 1 aromatic carbocycles. The van der Waals surface area contributed by atoms with Gasteiger partial charge in [0.05, 0.1) is 4.08 Å². The molecule has 1 aromatic rings. The highest BCUT2D eigenvalue weighted by molar-refractivity contribution is 8.21. The van der Waals surface area contributed by atoms with Crippen molar-refractivity contribution in [2.75, 3.05) is 11.5 Å². The normalized spacial score (nSPS) is 29.1. The van der Waals surface area contributed by atoms with E-state index in [4.69, 9.17) is 0 Å². The summed E-state index contributed by atoms with van der Waals surface area (Å²) >= 11 is 4.17. The lowest BCUT2D eigenvalue weighted by molar-refractivity contribution is -0.274. The minimum atomic E-state index is -4.74. The van der Waals surface area contributed by atoms with Crippen LogP contribution in [0.5, 0.6) is 5.75 Å². The number of para-hydroxylation sites is 1. The second-order valence-electron chi connectivity index (χ2n) is 7.43. The fourth-order valence-electron chi connectivity index (χ4n) is 4.82. The Kier molecular flexibility index (Phi) is 5.31. The highest BCUT2D eigenvalue weighted by atomic mass is 32.2. The van der Waals surface area contributed by atoms with Crippen LogP contribution in [0.1, 0.15) is 31.2 Å². The molecular formula is C19H22F3NO2S2. The maximum absolute atomic E-state index is 12.7. The molecule has 1 N–H and O–H groups in total. The van der Waals surface area contributed by atoms with Crippen LogP contribution in [0.3, 0.4) is 0 Å². The molecule has 2 bridgehead atoms. The van der Waals surface area contributed by atoms with Gasteiger partial charge >= 0.3 is 6.36 Å². The first-order valence-corrected chi connectivity index (χ1v) is 11.2. The van der Waals surface area contributed by atoms with E-state index in [1.807, 2.05) is 0 Å². The second kappa shape index (κ2) is 7.43. The smallest absolute Gasteiger partial charge is 0.405 e. The molecule has 1 aliphatic heterocycles. The molecule has 8 heteroatoms. The fourth-order valence-corrected chi connectivity index (χ4v) is 8.75. The maximum Gasteiger partial charge on any atom is 0.573 e. The number of benzene rings is 1. The van der Waals surface area contributed by atoms with Crippen LogP contribution in [0.4, 0.5) is 13.2 Å². The number of carbonyl (C=O) groups excluding carboxylic acids is 1. The molecule has 3 nitrogen and oxygen atoms in total. The zero-order valence-electron chi connectivity index (χ0n) is 14.8. The predicted octanol–water partition coefficient (Wildman–Crippen LogP) is 4.81. The number of alkyl halides is 3. The molecule has 1 heterocycles. The lowest BCUT2D eigenvalue weighted by Crippen LogP contribution is -2.42. The third-order valence-electron chi connectivity index (χ3n) is 5.90. The van der Waals surface area contributed by atoms with Gasteiger partial charge in [0.2, 0.25) is 5.91 Å². The van der Waals surface area contributed by atoms with Crippen LogP contribution in [0, 0.1) is 17.8 Å². The van der Waals surface area contributed by atoms with Crippen LogP contribution in [-0.4, -0.2) is 27.9 Å². The van der Waals surface area contributed by atoms with Crippen molar-refractivity contribution in [3.05, 3.63) is 29.8 Å². The predicted molar refractivity (Wildman–Crippen MR) is 102 cm³/mol. The SMILES string of the molecule is O=C(NCc1ccccc1OC(F)(F)F)C1CC2CCC(C1)C21SCCS1. The minimum Gasteiger partial charge on any atom is -0.405 e. The first kappa shape index (κ1) is 19.3. The van der Waals surface area contributed by atoms with Gasteiger partial charge in [0.25, 0.3) is 0 Å². The molecule has 2 aliphatic carbocycles. The molecule has 148 valence electrons. The van der Waals surface area contributed by atoms with Crippen molar-refractivity contribution < 1.29 is 22.7 Å². The molecule has 1 spiro atoms. The molecule has 2 unspecified atom stereocenters. The summed E-state index contributed by atoms with van der Waals surface area (Å²) < 4.78 is 42.0. The highest BCUT2D eigenvalue weighted by Gasteiger charge is 2.57. The van der Waals surface area contributed by atoms with Crippen molar-refractivity contribution in [3.8, 4) is 5.75 Å². The fraction of sp³-hybridized carbons (Fsp3) is 0.632. The van der Waals surface area contributed by atoms with Gasteiger partial charge in [-0.15, -0.1) is 36.7 Å². The van der Waals surface area contributed by atoms with Crippen molar-refractivity contribution in [2.45, 2.75) is 42.7 Å². The van der Waals surface area contributed by atoms with Gasteiger partial charge in [0.1, 0.15) is 5.75 Å². The van der Waals surface area contributed by atoms with Crippen molar-refractivity contribution >= 4 is 29.4 Å². The number of carbonyl (C=O) groups is 1. The average molecular weight is 418 g/mol. The topological polar surface area (TPSA) is 38.3 Å². The van der Waals surface area contributed by atoms with Crippen LogP contribution in [0.2, 0.25) is 0 Å². The number of ether oxygens (including phenoxy) is 1. The van der Waals surface area contributed by atoms with E-state index in [-0.39, 0.29) is 24.1 Å². The van der Waals surface area contributed by atoms with E-state index in [1.54, 1.807) is 12.1 Å². The van der Waals surface area contributed by atoms with Crippen molar-refractivity contribution in [1.29, 1.82) is 0 Å². The lowest BCUT2D eigenvalue weighted by atomic mass is 9.79. The van der Waals surface area contributed by atoms with E-state index in [9.17, 15) is 18.0 Å². The zero-order valence-corrected chi connectivity index (χ0v) is 16.4. The van der Waals surface area contributed by atoms with Gasteiger partial charge in [-0.3, -0.25) is 4.79 Å². The number of nitrogens with one attached hydrogen (secondary N) is 1. The first-order valence-electron chi connectivity index (χ1n) is 9.26. The summed E-state index contributed by atoms with van der Waals surface area (Å²) in [5.74, 6) is 3.21. The molecule has 2 atom stereocenters. The molecule has 1 amide bonds. The summed E-state index contributed by atoms with van der Waals surface area (Å²) in [6.07, 6.45) is -0.576. The molecule has 3 aliphatic rings. The van der Waals surface area contributed by atoms with Crippen LogP contribution in [0.15, 0.2) is 24.3 Å². The molecule has 3 fully saturated rings. The quantitative estimate of drug-likeness (QED) is 0.763. The Morgan fingerprint density at radius 2 is 1.78 bits per heavy atom. The molecule has 4 rings (SSSR count). The Hall–Kier alpha value is -1.02. The van der Waals surface area contributed by atoms with E-state index < -0.39 is 6.36 Å². The Morgan fingerprint density at radius 1 is 1.15 bits per heavy atom. The van der Waals surface area contributed by atoms with Crippen LogP contribution >= 0.6 is 23.5 Å². The zero-order chi connectivity index (χ0) is 19.1. The van der Waals surface area contributed by atoms with Gasteiger partial charge in [-0.25, -0.2) is 0 Å². The second-order valence-corrected chi connectivity index (χ2v) is 10.4. The Labute approximate surface area is 165 Å². The number of thioether (sulfide) groups is 2. The van der Waals surface area contributed by atoms with Gasteiger partial charge in [0, 0.05) is 29.5 Å². The van der Waals surface area contributed by atoms with Crippen molar-refractivity contribution in [3.63, 3.8) is 0 Å². The maximum atomic E-state index is 12.7. The monoisotopic (exact) mass is 417 g/mol. The Morgan fingerprint density at radius 3 is 2.41 bits per heavy atom. The van der Waals surface area contributed by atoms with E-state index in [1.165, 1.54) is 36.5 Å². The summed E-state index contributed by atoms with van der Waals surface area (Å²) in [6.45, 7) is 0.0472. The standard InChI is InChI=1S/C19H22F3NO2S2/c20-19(21,22)25-16-4-2-1-3-12(16)11-23-17(24)13-9-14-5-6-15(10-13)18(14)26-7-8-27-18/h1-4,13-15H,5-11H2,(H,23,24).